The molecule has 1 aromatic rings. The van der Waals surface area contributed by atoms with Crippen molar-refractivity contribution in [1.82, 2.24) is 0 Å². The zero-order valence-electron chi connectivity index (χ0n) is 7.66. The molecule has 1 rings (SSSR count). The smallest absolute Gasteiger partial charge is 0.115 e. The van der Waals surface area contributed by atoms with Crippen LogP contribution in [0.5, 0.6) is 5.75 Å². The molecule has 9 heavy (non-hydrogen) atoms. The molecule has 0 spiro atoms. The lowest BCUT2D eigenvalue weighted by molar-refractivity contribution is 0.475. The van der Waals surface area contributed by atoms with Crippen LogP contribution in [0.2, 0.25) is 0 Å². The molecule has 0 aliphatic rings. The summed E-state index contributed by atoms with van der Waals surface area (Å²) < 4.78 is 20.9. The van der Waals surface area contributed by atoms with Crippen LogP contribution in [-0.4, -0.2) is 11.3 Å². The third-order valence-corrected chi connectivity index (χ3v) is 1.46. The predicted octanol–water partition coefficient (Wildman–Crippen LogP) is 2.11. The van der Waals surface area contributed by atoms with Crippen LogP contribution in [0, 0.1) is 0 Å². The molecule has 0 saturated heterocycles. The second kappa shape index (κ2) is 2.78. The fourth-order valence-electron chi connectivity index (χ4n) is 0.514. The van der Waals surface area contributed by atoms with Crippen LogP contribution in [0.25, 0.3) is 0 Å². The van der Waals surface area contributed by atoms with Crippen molar-refractivity contribution >= 4 is 11.8 Å². The largest absolute Gasteiger partial charge is 0.508 e. The van der Waals surface area contributed by atoms with E-state index in [9.17, 15) is 0 Å². The molecule has 0 radical (unpaired) electrons. The average molecular weight is 143 g/mol. The van der Waals surface area contributed by atoms with Crippen molar-refractivity contribution in [3.63, 3.8) is 0 Å². The first-order chi connectivity index (χ1) is 5.47. The lowest BCUT2D eigenvalue weighted by Gasteiger charge is -1.93. The summed E-state index contributed by atoms with van der Waals surface area (Å²) in [7, 11) is 0. The second-order valence-corrected chi connectivity index (χ2v) is 2.27. The van der Waals surface area contributed by atoms with Gasteiger partial charge in [0.2, 0.25) is 0 Å². The van der Waals surface area contributed by atoms with Crippen molar-refractivity contribution in [3.05, 3.63) is 24.3 Å². The Morgan fingerprint density at radius 2 is 2.11 bits per heavy atom. The topological polar surface area (TPSA) is 20.2 Å². The van der Waals surface area contributed by atoms with Gasteiger partial charge in [0, 0.05) is 9.01 Å². The van der Waals surface area contributed by atoms with Crippen molar-refractivity contribution in [2.45, 2.75) is 4.90 Å². The normalized spacial score (nSPS) is 15.8. The van der Waals surface area contributed by atoms with Gasteiger partial charge in [0.05, 0.1) is 0 Å². The molecule has 0 heterocycles. The van der Waals surface area contributed by atoms with E-state index in [4.69, 9.17) is 9.22 Å². The SMILES string of the molecule is [2H]C([2H])([2H])Sc1ccc(O)cc1. The van der Waals surface area contributed by atoms with Crippen LogP contribution in [-0.2, 0) is 0 Å². The van der Waals surface area contributed by atoms with Crippen molar-refractivity contribution < 1.29 is 9.22 Å². The van der Waals surface area contributed by atoms with E-state index in [0.717, 1.165) is 11.8 Å². The summed E-state index contributed by atoms with van der Waals surface area (Å²) >= 11 is 0.798. The van der Waals surface area contributed by atoms with Gasteiger partial charge in [0.15, 0.2) is 0 Å². The van der Waals surface area contributed by atoms with E-state index in [2.05, 4.69) is 0 Å². The van der Waals surface area contributed by atoms with Crippen molar-refractivity contribution in [2.75, 3.05) is 6.18 Å². The molecule has 0 aliphatic carbocycles. The molecule has 0 bridgehead atoms. The summed E-state index contributed by atoms with van der Waals surface area (Å²) in [6.45, 7) is 0. The van der Waals surface area contributed by atoms with Gasteiger partial charge in [-0.05, 0) is 30.4 Å². The number of phenols is 1. The molecule has 0 atom stereocenters. The van der Waals surface area contributed by atoms with Gasteiger partial charge >= 0.3 is 0 Å². The molecule has 0 unspecified atom stereocenters. The van der Waals surface area contributed by atoms with Gasteiger partial charge in [-0.15, -0.1) is 11.8 Å². The van der Waals surface area contributed by atoms with Crippen LogP contribution in [0.15, 0.2) is 29.2 Å². The minimum absolute atomic E-state index is 0.143. The van der Waals surface area contributed by atoms with E-state index >= 15 is 0 Å². The number of hydrogen-bond acceptors (Lipinski definition) is 2. The van der Waals surface area contributed by atoms with Crippen molar-refractivity contribution in [2.24, 2.45) is 0 Å². The molecule has 1 N–H and O–H groups in total. The quantitative estimate of drug-likeness (QED) is 0.608. The first-order valence-corrected chi connectivity index (χ1v) is 3.27. The van der Waals surface area contributed by atoms with Gasteiger partial charge < -0.3 is 5.11 Å². The zero-order chi connectivity index (χ0) is 9.19. The van der Waals surface area contributed by atoms with Crippen LogP contribution in [0.3, 0.4) is 0 Å². The van der Waals surface area contributed by atoms with Crippen LogP contribution in [0.1, 0.15) is 4.11 Å². The fraction of sp³-hybridized carbons (Fsp3) is 0.143. The third kappa shape index (κ3) is 1.64. The van der Waals surface area contributed by atoms with Crippen molar-refractivity contribution in [1.29, 1.82) is 0 Å². The Hall–Kier alpha value is -0.630. The lowest BCUT2D eigenvalue weighted by Crippen LogP contribution is -1.66. The zero-order valence-corrected chi connectivity index (χ0v) is 5.48. The predicted molar refractivity (Wildman–Crippen MR) is 39.9 cm³/mol. The highest BCUT2D eigenvalue weighted by molar-refractivity contribution is 7.98. The summed E-state index contributed by atoms with van der Waals surface area (Å²) in [6.07, 6.45) is -2.02. The monoisotopic (exact) mass is 143 g/mol. The minimum atomic E-state index is -2.02. The van der Waals surface area contributed by atoms with Crippen molar-refractivity contribution in [3.8, 4) is 5.75 Å². The maximum Gasteiger partial charge on any atom is 0.115 e. The lowest BCUT2D eigenvalue weighted by atomic mass is 10.3. The van der Waals surface area contributed by atoms with E-state index in [1.54, 1.807) is 12.1 Å². The van der Waals surface area contributed by atoms with Gasteiger partial charge in [0.25, 0.3) is 0 Å². The number of benzene rings is 1. The summed E-state index contributed by atoms with van der Waals surface area (Å²) in [5.74, 6) is 0.143. The maximum atomic E-state index is 8.91. The van der Waals surface area contributed by atoms with E-state index in [1.165, 1.54) is 12.1 Å². The number of thioether (sulfide) groups is 1. The Morgan fingerprint density at radius 1 is 1.44 bits per heavy atom. The van der Waals surface area contributed by atoms with Crippen LogP contribution >= 0.6 is 11.8 Å². The first-order valence-electron chi connectivity index (χ1n) is 3.95. The molecule has 0 amide bonds. The number of aromatic hydroxyl groups is 1. The van der Waals surface area contributed by atoms with E-state index in [0.29, 0.717) is 4.90 Å². The van der Waals surface area contributed by atoms with E-state index in [-0.39, 0.29) is 5.75 Å². The average Bonchev–Trinajstić information content (AvgIpc) is 1.91. The Kier molecular flexibility index (Phi) is 1.09. The highest BCUT2D eigenvalue weighted by Gasteiger charge is 1.87. The van der Waals surface area contributed by atoms with Crippen LogP contribution in [0.4, 0.5) is 0 Å². The Bertz CT molecular complexity index is 254. The molecule has 48 valence electrons. The number of phenolic OH excluding ortho intramolecular Hbond substituents is 1. The van der Waals surface area contributed by atoms with Gasteiger partial charge in [-0.25, -0.2) is 0 Å². The Labute approximate surface area is 62.9 Å². The molecule has 0 fully saturated rings. The maximum absolute atomic E-state index is 8.91. The van der Waals surface area contributed by atoms with Gasteiger partial charge in [-0.3, -0.25) is 0 Å². The summed E-state index contributed by atoms with van der Waals surface area (Å²) in [4.78, 5) is 0.632. The molecular weight excluding hydrogens is 132 g/mol. The molecule has 0 aliphatic heterocycles. The summed E-state index contributed by atoms with van der Waals surface area (Å²) in [5, 5.41) is 8.91. The van der Waals surface area contributed by atoms with Gasteiger partial charge in [0.1, 0.15) is 5.75 Å². The highest BCUT2D eigenvalue weighted by Crippen LogP contribution is 2.17. The minimum Gasteiger partial charge on any atom is -0.508 e. The third-order valence-electron chi connectivity index (χ3n) is 0.955. The molecule has 0 aromatic heterocycles. The Balaban J connectivity index is 2.71. The summed E-state index contributed by atoms with van der Waals surface area (Å²) in [6, 6.07) is 6.08. The van der Waals surface area contributed by atoms with Gasteiger partial charge in [-0.1, -0.05) is 0 Å². The standard InChI is InChI=1S/C7H8OS/c1-9-7-4-2-6(8)3-5-7/h2-5,8H,1H3/i1D3. The van der Waals surface area contributed by atoms with Gasteiger partial charge in [-0.2, -0.15) is 0 Å². The van der Waals surface area contributed by atoms with E-state index in [1.807, 2.05) is 0 Å². The number of hydrogen-bond donors (Lipinski definition) is 1. The summed E-state index contributed by atoms with van der Waals surface area (Å²) in [5.41, 5.74) is 0. The molecule has 1 aromatic carbocycles. The van der Waals surface area contributed by atoms with Crippen LogP contribution < -0.4 is 0 Å². The second-order valence-electron chi connectivity index (χ2n) is 1.60. The molecule has 1 nitrogen and oxygen atoms in total. The molecule has 2 heteroatoms. The first kappa shape index (κ1) is 3.52. The molecular formula is C7H8OS. The Morgan fingerprint density at radius 3 is 2.67 bits per heavy atom. The molecule has 0 saturated carbocycles. The number of rotatable bonds is 1. The fourth-order valence-corrected chi connectivity index (χ4v) is 0.786. The highest BCUT2D eigenvalue weighted by atomic mass is 32.2. The van der Waals surface area contributed by atoms with E-state index < -0.39 is 6.18 Å².